The average Bonchev–Trinajstić information content (AvgIpc) is 3.57. The molecule has 4 atom stereocenters. The van der Waals surface area contributed by atoms with Crippen molar-refractivity contribution in [1.82, 2.24) is 13.9 Å². The van der Waals surface area contributed by atoms with E-state index in [4.69, 9.17) is 14.2 Å². The van der Waals surface area contributed by atoms with Crippen LogP contribution in [0.15, 0.2) is 33.9 Å². The topological polar surface area (TPSA) is 159 Å². The van der Waals surface area contributed by atoms with Crippen molar-refractivity contribution < 1.29 is 27.4 Å². The van der Waals surface area contributed by atoms with E-state index in [1.54, 1.807) is 27.0 Å². The fourth-order valence-electron chi connectivity index (χ4n) is 6.49. The number of benzene rings is 1. The molecule has 246 valence electrons. The summed E-state index contributed by atoms with van der Waals surface area (Å²) in [7, 11) is -2.51. The largest absolute Gasteiger partial charge is 0.496 e. The molecule has 46 heavy (non-hydrogen) atoms. The number of amides is 1. The molecule has 0 spiro atoms. The number of para-hydroxylation sites is 1. The zero-order valence-electron chi connectivity index (χ0n) is 26.5. The second-order valence-corrected chi connectivity index (χ2v) is 16.4. The number of ether oxygens (including phenoxy) is 3. The number of carbonyl (C=O) groups excluding carboxylic acids is 1. The van der Waals surface area contributed by atoms with Crippen molar-refractivity contribution >= 4 is 37.5 Å². The Labute approximate surface area is 270 Å². The van der Waals surface area contributed by atoms with Crippen molar-refractivity contribution in [3.8, 4) is 11.8 Å². The number of nitrogens with one attached hydrogen (secondary N) is 1. The third-order valence-electron chi connectivity index (χ3n) is 9.70. The van der Waals surface area contributed by atoms with Crippen molar-refractivity contribution in [2.45, 2.75) is 107 Å². The SMILES string of the molecule is COc1ccccc1[C@H](Cn1c(=O)n(C(C)(C)C(=O)NS(=O)(=O)C2(C)CC2)c(=O)c2c(C)c(C#N)sc21)O[C@H]1C[C@H]2CC[C@@H](C1)O2. The van der Waals surface area contributed by atoms with Crippen LogP contribution in [0.2, 0.25) is 0 Å². The van der Waals surface area contributed by atoms with Crippen LogP contribution in [0.3, 0.4) is 0 Å². The molecule has 1 aliphatic carbocycles. The summed E-state index contributed by atoms with van der Waals surface area (Å²) in [5.74, 6) is -0.451. The van der Waals surface area contributed by atoms with Gasteiger partial charge in [0.05, 0.1) is 42.1 Å². The number of thiophene rings is 1. The Morgan fingerprint density at radius 1 is 1.22 bits per heavy atom. The van der Waals surface area contributed by atoms with Crippen LogP contribution in [0.4, 0.5) is 0 Å². The van der Waals surface area contributed by atoms with Crippen molar-refractivity contribution in [2.75, 3.05) is 7.11 Å². The van der Waals surface area contributed by atoms with Crippen molar-refractivity contribution in [3.05, 3.63) is 61.1 Å². The number of sulfonamides is 1. The molecular formula is C32H38N4O8S2. The monoisotopic (exact) mass is 670 g/mol. The minimum absolute atomic E-state index is 0.0679. The van der Waals surface area contributed by atoms with E-state index in [0.717, 1.165) is 28.7 Å². The number of hydrogen-bond donors (Lipinski definition) is 1. The Kier molecular flexibility index (Phi) is 8.20. The summed E-state index contributed by atoms with van der Waals surface area (Å²) in [5.41, 5.74) is -2.45. The molecule has 2 bridgehead atoms. The van der Waals surface area contributed by atoms with Gasteiger partial charge in [0.25, 0.3) is 11.5 Å². The van der Waals surface area contributed by atoms with E-state index in [9.17, 15) is 28.1 Å². The summed E-state index contributed by atoms with van der Waals surface area (Å²) in [4.78, 5) is 42.7. The van der Waals surface area contributed by atoms with E-state index in [-0.39, 0.29) is 40.0 Å². The molecule has 3 fully saturated rings. The van der Waals surface area contributed by atoms with E-state index in [1.807, 2.05) is 18.2 Å². The molecular weight excluding hydrogens is 633 g/mol. The van der Waals surface area contributed by atoms with Gasteiger partial charge < -0.3 is 14.2 Å². The molecule has 2 aliphatic heterocycles. The predicted octanol–water partition coefficient (Wildman–Crippen LogP) is 3.61. The van der Waals surface area contributed by atoms with Crippen LogP contribution in [0.1, 0.15) is 81.4 Å². The lowest BCUT2D eigenvalue weighted by Crippen LogP contribution is -2.57. The first-order valence-corrected chi connectivity index (χ1v) is 17.7. The third kappa shape index (κ3) is 5.46. The number of nitriles is 1. The van der Waals surface area contributed by atoms with Crippen LogP contribution in [0, 0.1) is 18.3 Å². The van der Waals surface area contributed by atoms with Crippen molar-refractivity contribution in [2.24, 2.45) is 0 Å². The summed E-state index contributed by atoms with van der Waals surface area (Å²) in [6, 6.07) is 9.45. The molecule has 2 saturated heterocycles. The molecule has 1 N–H and O–H groups in total. The maximum atomic E-state index is 14.5. The minimum Gasteiger partial charge on any atom is -0.496 e. The van der Waals surface area contributed by atoms with Crippen LogP contribution in [-0.4, -0.2) is 53.6 Å². The summed E-state index contributed by atoms with van der Waals surface area (Å²) < 4.78 is 47.6. The molecule has 0 unspecified atom stereocenters. The molecule has 3 aliphatic rings. The van der Waals surface area contributed by atoms with Crippen LogP contribution in [0.25, 0.3) is 10.2 Å². The number of aryl methyl sites for hydroxylation is 1. The Hall–Kier alpha value is -3.51. The van der Waals surface area contributed by atoms with E-state index in [2.05, 4.69) is 10.8 Å². The maximum Gasteiger partial charge on any atom is 0.333 e. The van der Waals surface area contributed by atoms with Crippen LogP contribution in [0.5, 0.6) is 5.75 Å². The molecule has 4 heterocycles. The second-order valence-electron chi connectivity index (χ2n) is 13.2. The predicted molar refractivity (Wildman–Crippen MR) is 172 cm³/mol. The van der Waals surface area contributed by atoms with Gasteiger partial charge in [-0.1, -0.05) is 18.2 Å². The fraction of sp³-hybridized carbons (Fsp3) is 0.562. The van der Waals surface area contributed by atoms with Gasteiger partial charge in [-0.2, -0.15) is 5.26 Å². The van der Waals surface area contributed by atoms with Crippen LogP contribution < -0.4 is 20.7 Å². The Balaban J connectivity index is 1.49. The lowest BCUT2D eigenvalue weighted by Gasteiger charge is -2.33. The highest BCUT2D eigenvalue weighted by Gasteiger charge is 2.52. The molecule has 1 saturated carbocycles. The van der Waals surface area contributed by atoms with E-state index in [0.29, 0.717) is 42.6 Å². The standard InChI is InChI=1S/C32H38N4O8S2/c1-18-25(16-33)45-28-26(18)27(37)36(31(2,3)29(38)34-46(40,41)32(4)12-13-32)30(39)35(28)17-24(22-8-6-7-9-23(22)42-5)44-21-14-19-10-11-20(15-21)43-19/h6-9,19-21,24H,10-15,17H2,1-5H3,(H,34,38)/t19-,20+,21+,24-/m0/s1. The highest BCUT2D eigenvalue weighted by Crippen LogP contribution is 2.42. The van der Waals surface area contributed by atoms with Gasteiger partial charge in [0.2, 0.25) is 10.0 Å². The minimum atomic E-state index is -4.06. The summed E-state index contributed by atoms with van der Waals surface area (Å²) in [5, 5.41) is 9.99. The lowest BCUT2D eigenvalue weighted by molar-refractivity contribution is -0.126. The van der Waals surface area contributed by atoms with E-state index < -0.39 is 43.6 Å². The highest BCUT2D eigenvalue weighted by atomic mass is 32.2. The van der Waals surface area contributed by atoms with Gasteiger partial charge in [-0.3, -0.25) is 18.9 Å². The van der Waals surface area contributed by atoms with Crippen molar-refractivity contribution in [3.63, 3.8) is 0 Å². The van der Waals surface area contributed by atoms with Gasteiger partial charge in [-0.25, -0.2) is 17.8 Å². The first kappa shape index (κ1) is 32.4. The Bertz CT molecular complexity index is 1970. The molecule has 2 aromatic heterocycles. The van der Waals surface area contributed by atoms with E-state index >= 15 is 0 Å². The van der Waals surface area contributed by atoms with Gasteiger partial charge in [-0.05, 0) is 77.8 Å². The average molecular weight is 671 g/mol. The first-order chi connectivity index (χ1) is 21.7. The summed E-state index contributed by atoms with van der Waals surface area (Å²) in [6.45, 7) is 5.77. The molecule has 1 aromatic carbocycles. The number of nitrogens with zero attached hydrogens (tertiary/aromatic N) is 3. The first-order valence-electron chi connectivity index (χ1n) is 15.4. The smallest absolute Gasteiger partial charge is 0.333 e. The number of fused-ring (bicyclic) bond motifs is 3. The fourth-order valence-corrected chi connectivity index (χ4v) is 8.97. The lowest BCUT2D eigenvalue weighted by atomic mass is 10.0. The van der Waals surface area contributed by atoms with Gasteiger partial charge in [0.15, 0.2) is 0 Å². The van der Waals surface area contributed by atoms with E-state index in [1.165, 1.54) is 18.4 Å². The highest BCUT2D eigenvalue weighted by molar-refractivity contribution is 7.91. The number of rotatable bonds is 10. The Morgan fingerprint density at radius 2 is 1.87 bits per heavy atom. The Morgan fingerprint density at radius 3 is 2.48 bits per heavy atom. The quantitative estimate of drug-likeness (QED) is 0.340. The normalized spacial score (nSPS) is 22.7. The van der Waals surface area contributed by atoms with Crippen molar-refractivity contribution in [1.29, 1.82) is 5.26 Å². The number of methoxy groups -OCH3 is 1. The molecule has 6 rings (SSSR count). The van der Waals surface area contributed by atoms with Gasteiger partial charge >= 0.3 is 5.69 Å². The molecule has 1 amide bonds. The molecule has 14 heteroatoms. The summed E-state index contributed by atoms with van der Waals surface area (Å²) in [6.07, 6.45) is 3.46. The molecule has 12 nitrogen and oxygen atoms in total. The number of hydrogen-bond acceptors (Lipinski definition) is 10. The van der Waals surface area contributed by atoms with Gasteiger partial charge in [-0.15, -0.1) is 11.3 Å². The molecule has 3 aromatic rings. The van der Waals surface area contributed by atoms with Gasteiger partial charge in [0, 0.05) is 5.56 Å². The van der Waals surface area contributed by atoms with Crippen LogP contribution in [-0.2, 0) is 36.4 Å². The van der Waals surface area contributed by atoms with Gasteiger partial charge in [0.1, 0.15) is 33.2 Å². The number of aromatic nitrogens is 2. The molecule has 0 radical (unpaired) electrons. The summed E-state index contributed by atoms with van der Waals surface area (Å²) >= 11 is 1.02. The van der Waals surface area contributed by atoms with Crippen LogP contribution >= 0.6 is 11.3 Å². The zero-order valence-corrected chi connectivity index (χ0v) is 28.1. The third-order valence-corrected chi connectivity index (χ3v) is 13.1. The second kappa shape index (κ2) is 11.6. The number of carbonyl (C=O) groups is 1. The zero-order chi connectivity index (χ0) is 33.2. The maximum absolute atomic E-state index is 14.5.